The first-order valence-electron chi connectivity index (χ1n) is 13.0. The number of carbonyl (C=O) groups excluding carboxylic acids is 1. The topological polar surface area (TPSA) is 97.3 Å². The van der Waals surface area contributed by atoms with Crippen LogP contribution in [0.3, 0.4) is 0 Å². The van der Waals surface area contributed by atoms with Gasteiger partial charge in [0.05, 0.1) is 31.8 Å². The number of nitrogens with zero attached hydrogens (tertiary/aromatic N) is 2. The van der Waals surface area contributed by atoms with Crippen LogP contribution < -0.4 is 19.2 Å². The van der Waals surface area contributed by atoms with Crippen molar-refractivity contribution in [2.24, 2.45) is 5.10 Å². The van der Waals surface area contributed by atoms with Crippen LogP contribution in [0.25, 0.3) is 0 Å². The highest BCUT2D eigenvalue weighted by molar-refractivity contribution is 7.92. The minimum atomic E-state index is -3.52. The molecule has 41 heavy (non-hydrogen) atoms. The van der Waals surface area contributed by atoms with Crippen LogP contribution >= 0.6 is 0 Å². The molecule has 1 N–H and O–H groups in total. The predicted molar refractivity (Wildman–Crippen MR) is 162 cm³/mol. The van der Waals surface area contributed by atoms with Crippen molar-refractivity contribution in [3.63, 3.8) is 0 Å². The van der Waals surface area contributed by atoms with Gasteiger partial charge in [-0.3, -0.25) is 9.10 Å². The Morgan fingerprint density at radius 2 is 1.61 bits per heavy atom. The van der Waals surface area contributed by atoms with Gasteiger partial charge in [0.2, 0.25) is 10.0 Å². The molecule has 4 aromatic rings. The molecule has 0 aliphatic heterocycles. The van der Waals surface area contributed by atoms with Crippen molar-refractivity contribution in [2.75, 3.05) is 17.7 Å². The van der Waals surface area contributed by atoms with Crippen LogP contribution in [-0.4, -0.2) is 33.9 Å². The number of carbonyl (C=O) groups is 1. The number of nitrogens with one attached hydrogen (secondary N) is 1. The van der Waals surface area contributed by atoms with E-state index in [9.17, 15) is 13.2 Å². The predicted octanol–water partition coefficient (Wildman–Crippen LogP) is 5.62. The third-order valence-corrected chi connectivity index (χ3v) is 7.67. The Bertz CT molecular complexity index is 1640. The molecule has 0 saturated heterocycles. The minimum absolute atomic E-state index is 0.147. The smallest absolute Gasteiger partial charge is 0.271 e. The van der Waals surface area contributed by atoms with Crippen molar-refractivity contribution in [1.82, 2.24) is 5.43 Å². The second-order valence-electron chi connectivity index (χ2n) is 9.62. The summed E-state index contributed by atoms with van der Waals surface area (Å²) in [6.45, 7) is 4.49. The fraction of sp³-hybridized carbons (Fsp3) is 0.188. The first-order valence-corrected chi connectivity index (χ1v) is 14.8. The van der Waals surface area contributed by atoms with Crippen molar-refractivity contribution in [2.45, 2.75) is 27.0 Å². The van der Waals surface area contributed by atoms with Gasteiger partial charge in [0, 0.05) is 5.56 Å². The average Bonchev–Trinajstić information content (AvgIpc) is 2.96. The summed E-state index contributed by atoms with van der Waals surface area (Å²) in [4.78, 5) is 12.6. The van der Waals surface area contributed by atoms with Gasteiger partial charge in [0.1, 0.15) is 6.61 Å². The summed E-state index contributed by atoms with van der Waals surface area (Å²) in [5, 5.41) is 4.07. The molecule has 212 valence electrons. The van der Waals surface area contributed by atoms with Crippen LogP contribution in [0.2, 0.25) is 0 Å². The maximum absolute atomic E-state index is 12.6. The third-order valence-electron chi connectivity index (χ3n) is 6.53. The van der Waals surface area contributed by atoms with E-state index in [1.807, 2.05) is 62.4 Å². The molecule has 0 unspecified atom stereocenters. The SMILES string of the molecule is COc1cc(/C=N\NC(=O)c2ccc(CN(c3ccc(C)c(C)c3)S(C)(=O)=O)cc2)ccc1OCc1ccccc1. The quantitative estimate of drug-likeness (QED) is 0.186. The van der Waals surface area contributed by atoms with Crippen molar-refractivity contribution < 1.29 is 22.7 Å². The summed E-state index contributed by atoms with van der Waals surface area (Å²) in [5.41, 5.74) is 8.12. The summed E-state index contributed by atoms with van der Waals surface area (Å²) in [5.74, 6) is 0.761. The van der Waals surface area contributed by atoms with E-state index >= 15 is 0 Å². The fourth-order valence-electron chi connectivity index (χ4n) is 4.06. The Morgan fingerprint density at radius 3 is 2.27 bits per heavy atom. The van der Waals surface area contributed by atoms with E-state index in [1.165, 1.54) is 16.8 Å². The number of methoxy groups -OCH3 is 1. The van der Waals surface area contributed by atoms with E-state index in [1.54, 1.807) is 49.6 Å². The van der Waals surface area contributed by atoms with Crippen LogP contribution in [0.1, 0.15) is 38.2 Å². The van der Waals surface area contributed by atoms with Gasteiger partial charge in [-0.1, -0.05) is 48.5 Å². The second-order valence-corrected chi connectivity index (χ2v) is 11.5. The normalized spacial score (nSPS) is 11.3. The number of hydrazone groups is 1. The van der Waals surface area contributed by atoms with E-state index in [0.717, 1.165) is 27.8 Å². The van der Waals surface area contributed by atoms with Gasteiger partial charge in [-0.15, -0.1) is 0 Å². The molecule has 8 nitrogen and oxygen atoms in total. The van der Waals surface area contributed by atoms with Gasteiger partial charge in [-0.2, -0.15) is 5.10 Å². The summed E-state index contributed by atoms with van der Waals surface area (Å²) in [7, 11) is -1.95. The lowest BCUT2D eigenvalue weighted by Crippen LogP contribution is -2.29. The highest BCUT2D eigenvalue weighted by Crippen LogP contribution is 2.28. The Labute approximate surface area is 241 Å². The Hall–Kier alpha value is -4.63. The van der Waals surface area contributed by atoms with E-state index in [4.69, 9.17) is 9.47 Å². The van der Waals surface area contributed by atoms with E-state index in [2.05, 4.69) is 10.5 Å². The van der Waals surface area contributed by atoms with Crippen molar-refractivity contribution in [3.05, 3.63) is 124 Å². The Morgan fingerprint density at radius 1 is 0.878 bits per heavy atom. The lowest BCUT2D eigenvalue weighted by molar-refractivity contribution is 0.0955. The van der Waals surface area contributed by atoms with E-state index < -0.39 is 15.9 Å². The molecule has 0 saturated carbocycles. The molecule has 0 bridgehead atoms. The molecule has 9 heteroatoms. The molecule has 0 fully saturated rings. The molecule has 0 aliphatic carbocycles. The van der Waals surface area contributed by atoms with Crippen LogP contribution in [0, 0.1) is 13.8 Å². The molecule has 0 atom stereocenters. The number of ether oxygens (including phenoxy) is 2. The second kappa shape index (κ2) is 13.1. The number of benzene rings is 4. The number of aryl methyl sites for hydroxylation is 2. The van der Waals surface area contributed by atoms with Crippen LogP contribution in [0.4, 0.5) is 5.69 Å². The Balaban J connectivity index is 1.37. The first kappa shape index (κ1) is 29.4. The molecule has 1 amide bonds. The first-order chi connectivity index (χ1) is 19.6. The monoisotopic (exact) mass is 571 g/mol. The van der Waals surface area contributed by atoms with Gasteiger partial charge in [0.15, 0.2) is 11.5 Å². The fourth-order valence-corrected chi connectivity index (χ4v) is 4.94. The maximum atomic E-state index is 12.6. The van der Waals surface area contributed by atoms with Gasteiger partial charge < -0.3 is 9.47 Å². The molecular formula is C32H33N3O5S. The summed E-state index contributed by atoms with van der Waals surface area (Å²) >= 11 is 0. The lowest BCUT2D eigenvalue weighted by atomic mass is 10.1. The molecule has 0 heterocycles. The minimum Gasteiger partial charge on any atom is -0.493 e. The van der Waals surface area contributed by atoms with Crippen LogP contribution in [-0.2, 0) is 23.2 Å². The van der Waals surface area contributed by atoms with Crippen molar-refractivity contribution in [1.29, 1.82) is 0 Å². The summed E-state index contributed by atoms with van der Waals surface area (Å²) < 4.78 is 37.7. The van der Waals surface area contributed by atoms with Gasteiger partial charge in [-0.05, 0) is 84.1 Å². The number of hydrogen-bond acceptors (Lipinski definition) is 6. The number of sulfonamides is 1. The van der Waals surface area contributed by atoms with Gasteiger partial charge in [-0.25, -0.2) is 13.8 Å². The van der Waals surface area contributed by atoms with Crippen molar-refractivity contribution in [3.8, 4) is 11.5 Å². The average molecular weight is 572 g/mol. The van der Waals surface area contributed by atoms with Crippen molar-refractivity contribution >= 4 is 27.8 Å². The molecule has 0 spiro atoms. The highest BCUT2D eigenvalue weighted by atomic mass is 32.2. The standard InChI is InChI=1S/C32H33N3O5S/c1-23-10-16-29(18-24(23)2)35(41(4,37)38)21-25-11-14-28(15-12-25)32(36)34-33-20-27-13-17-30(31(19-27)39-3)40-22-26-8-6-5-7-9-26/h5-20H,21-22H2,1-4H3,(H,34,36)/b33-20-. The molecule has 4 rings (SSSR count). The number of hydrogen-bond donors (Lipinski definition) is 1. The molecule has 0 aliphatic rings. The molecule has 0 aromatic heterocycles. The zero-order valence-corrected chi connectivity index (χ0v) is 24.3. The molecule has 4 aromatic carbocycles. The number of anilines is 1. The Kier molecular flexibility index (Phi) is 9.41. The van der Waals surface area contributed by atoms with Crippen LogP contribution in [0.5, 0.6) is 11.5 Å². The summed E-state index contributed by atoms with van der Waals surface area (Å²) in [6, 6.07) is 27.5. The van der Waals surface area contributed by atoms with E-state index in [-0.39, 0.29) is 6.54 Å². The maximum Gasteiger partial charge on any atom is 0.271 e. The number of amides is 1. The van der Waals surface area contributed by atoms with Gasteiger partial charge >= 0.3 is 0 Å². The van der Waals surface area contributed by atoms with E-state index in [0.29, 0.717) is 29.4 Å². The molecular weight excluding hydrogens is 538 g/mol. The summed E-state index contributed by atoms with van der Waals surface area (Å²) in [6.07, 6.45) is 2.70. The van der Waals surface area contributed by atoms with Crippen LogP contribution in [0.15, 0.2) is 96.1 Å². The van der Waals surface area contributed by atoms with Gasteiger partial charge in [0.25, 0.3) is 5.91 Å². The molecule has 0 radical (unpaired) electrons. The highest BCUT2D eigenvalue weighted by Gasteiger charge is 2.18. The third kappa shape index (κ3) is 7.95. The zero-order valence-electron chi connectivity index (χ0n) is 23.5. The zero-order chi connectivity index (χ0) is 29.4. The number of rotatable bonds is 11. The lowest BCUT2D eigenvalue weighted by Gasteiger charge is -2.23. The largest absolute Gasteiger partial charge is 0.493 e.